The van der Waals surface area contributed by atoms with Crippen molar-refractivity contribution in [2.24, 2.45) is 0 Å². The molecule has 3 heterocycles. The third-order valence-electron chi connectivity index (χ3n) is 4.80. The van der Waals surface area contributed by atoms with Crippen LogP contribution in [0.1, 0.15) is 42.5 Å². The highest BCUT2D eigenvalue weighted by Crippen LogP contribution is 2.31. The Bertz CT molecular complexity index is 906. The molecule has 1 amide bonds. The number of aromatic nitrogens is 3. The van der Waals surface area contributed by atoms with Crippen molar-refractivity contribution in [3.05, 3.63) is 71.2 Å². The number of rotatable bonds is 5. The first-order chi connectivity index (χ1) is 13.2. The zero-order valence-corrected chi connectivity index (χ0v) is 15.7. The van der Waals surface area contributed by atoms with Crippen LogP contribution in [0.2, 0.25) is 5.02 Å². The number of hydrogen-bond acceptors (Lipinski definition) is 4. The maximum atomic E-state index is 12.8. The van der Waals surface area contributed by atoms with Crippen molar-refractivity contribution >= 4 is 17.5 Å². The Balaban J connectivity index is 1.48. The molecule has 6 nitrogen and oxygen atoms in total. The molecule has 1 atom stereocenters. The summed E-state index contributed by atoms with van der Waals surface area (Å²) in [6.07, 6.45) is 8.77. The number of amides is 1. The molecule has 0 bridgehead atoms. The second-order valence-electron chi connectivity index (χ2n) is 6.77. The number of carbonyl (C=O) groups excluding carboxylic acids is 1. The van der Waals surface area contributed by atoms with Crippen molar-refractivity contribution in [2.75, 3.05) is 6.54 Å². The highest BCUT2D eigenvalue weighted by Gasteiger charge is 2.31. The molecule has 0 saturated carbocycles. The van der Waals surface area contributed by atoms with E-state index in [9.17, 15) is 4.79 Å². The van der Waals surface area contributed by atoms with Crippen LogP contribution in [0.15, 0.2) is 53.3 Å². The van der Waals surface area contributed by atoms with Gasteiger partial charge >= 0.3 is 0 Å². The maximum Gasteiger partial charge on any atom is 0.244 e. The second-order valence-corrected chi connectivity index (χ2v) is 7.21. The van der Waals surface area contributed by atoms with E-state index in [4.69, 9.17) is 16.0 Å². The van der Waals surface area contributed by atoms with Crippen LogP contribution in [0.25, 0.3) is 0 Å². The largest absolute Gasteiger partial charge is 0.443 e. The molecule has 3 aromatic rings. The van der Waals surface area contributed by atoms with Gasteiger partial charge in [0.25, 0.3) is 0 Å². The Hall–Kier alpha value is -2.60. The summed E-state index contributed by atoms with van der Waals surface area (Å²) in [5.41, 5.74) is 1.07. The predicted molar refractivity (Wildman–Crippen MR) is 101 cm³/mol. The van der Waals surface area contributed by atoms with E-state index in [1.807, 2.05) is 35.2 Å². The topological polar surface area (TPSA) is 64.2 Å². The fourth-order valence-electron chi connectivity index (χ4n) is 3.52. The highest BCUT2D eigenvalue weighted by atomic mass is 35.5. The summed E-state index contributed by atoms with van der Waals surface area (Å²) in [4.78, 5) is 19.1. The lowest BCUT2D eigenvalue weighted by molar-refractivity contribution is -0.136. The third kappa shape index (κ3) is 4.22. The molecule has 1 saturated heterocycles. The Kier molecular flexibility index (Phi) is 5.25. The van der Waals surface area contributed by atoms with Gasteiger partial charge in [-0.25, -0.2) is 4.98 Å². The van der Waals surface area contributed by atoms with Crippen molar-refractivity contribution < 1.29 is 9.21 Å². The van der Waals surface area contributed by atoms with E-state index in [1.165, 1.54) is 0 Å². The normalized spacial score (nSPS) is 17.2. The lowest BCUT2D eigenvalue weighted by Crippen LogP contribution is -2.40. The standard InChI is InChI=1S/C20H21ClN4O2/c21-16-6-3-5-15(11-16)12-17-13-22-20(27-17)18-7-1-2-10-25(18)19(26)14-24-9-4-8-23-24/h3-6,8-9,11,13,18H,1-2,7,10,12,14H2/t18-/m0/s1. The Morgan fingerprint density at radius 3 is 3.04 bits per heavy atom. The van der Waals surface area contributed by atoms with Crippen molar-refractivity contribution in [3.8, 4) is 0 Å². The summed E-state index contributed by atoms with van der Waals surface area (Å²) in [5, 5.41) is 4.83. The summed E-state index contributed by atoms with van der Waals surface area (Å²) in [5.74, 6) is 1.43. The van der Waals surface area contributed by atoms with Crippen LogP contribution in [-0.4, -0.2) is 32.1 Å². The molecule has 7 heteroatoms. The fourth-order valence-corrected chi connectivity index (χ4v) is 3.73. The van der Waals surface area contributed by atoms with Gasteiger partial charge in [0.15, 0.2) is 0 Å². The van der Waals surface area contributed by atoms with Gasteiger partial charge in [-0.3, -0.25) is 9.48 Å². The molecule has 140 valence electrons. The van der Waals surface area contributed by atoms with Crippen molar-refractivity contribution in [1.29, 1.82) is 0 Å². The van der Waals surface area contributed by atoms with Crippen LogP contribution in [0, 0.1) is 0 Å². The van der Waals surface area contributed by atoms with Gasteiger partial charge in [0.1, 0.15) is 18.3 Å². The van der Waals surface area contributed by atoms with Gasteiger partial charge in [0.05, 0.1) is 6.20 Å². The van der Waals surface area contributed by atoms with Crippen molar-refractivity contribution in [1.82, 2.24) is 19.7 Å². The molecule has 1 aliphatic rings. The first kappa shape index (κ1) is 17.8. The zero-order valence-electron chi connectivity index (χ0n) is 14.9. The average molecular weight is 385 g/mol. The Morgan fingerprint density at radius 2 is 2.22 bits per heavy atom. The first-order valence-electron chi connectivity index (χ1n) is 9.15. The minimum atomic E-state index is -0.116. The minimum absolute atomic E-state index is 0.0398. The molecule has 1 fully saturated rings. The number of oxazole rings is 1. The van der Waals surface area contributed by atoms with E-state index in [1.54, 1.807) is 23.3 Å². The molecule has 1 aliphatic heterocycles. The van der Waals surface area contributed by atoms with Crippen LogP contribution in [0.4, 0.5) is 0 Å². The average Bonchev–Trinajstić information content (AvgIpc) is 3.34. The lowest BCUT2D eigenvalue weighted by atomic mass is 10.0. The van der Waals surface area contributed by atoms with E-state index in [-0.39, 0.29) is 18.5 Å². The van der Waals surface area contributed by atoms with E-state index in [0.29, 0.717) is 17.3 Å². The number of hydrogen-bond donors (Lipinski definition) is 0. The number of likely N-dealkylation sites (tertiary alicyclic amines) is 1. The van der Waals surface area contributed by atoms with E-state index >= 15 is 0 Å². The summed E-state index contributed by atoms with van der Waals surface area (Å²) in [6.45, 7) is 0.955. The monoisotopic (exact) mass is 384 g/mol. The summed E-state index contributed by atoms with van der Waals surface area (Å²) < 4.78 is 7.66. The van der Waals surface area contributed by atoms with Gasteiger partial charge in [-0.15, -0.1) is 0 Å². The molecule has 0 aliphatic carbocycles. The van der Waals surface area contributed by atoms with Gasteiger partial charge in [-0.1, -0.05) is 23.7 Å². The van der Waals surface area contributed by atoms with Crippen LogP contribution in [-0.2, 0) is 17.8 Å². The number of halogens is 1. The molecule has 2 aromatic heterocycles. The Labute approximate surface area is 162 Å². The molecule has 0 N–H and O–H groups in total. The quantitative estimate of drug-likeness (QED) is 0.669. The SMILES string of the molecule is O=C(Cn1cccn1)N1CCCC[C@H]1c1ncc(Cc2cccc(Cl)c2)o1. The van der Waals surface area contributed by atoms with Crippen LogP contribution in [0.3, 0.4) is 0 Å². The van der Waals surface area contributed by atoms with Crippen molar-refractivity contribution in [2.45, 2.75) is 38.3 Å². The maximum absolute atomic E-state index is 12.8. The second kappa shape index (κ2) is 7.96. The molecule has 0 radical (unpaired) electrons. The molecule has 27 heavy (non-hydrogen) atoms. The van der Waals surface area contributed by atoms with Crippen molar-refractivity contribution in [3.63, 3.8) is 0 Å². The third-order valence-corrected chi connectivity index (χ3v) is 5.04. The van der Waals surface area contributed by atoms with Crippen LogP contribution < -0.4 is 0 Å². The van der Waals surface area contributed by atoms with E-state index in [0.717, 1.165) is 37.1 Å². The number of piperidine rings is 1. The number of carbonyl (C=O) groups is 1. The first-order valence-corrected chi connectivity index (χ1v) is 9.53. The summed E-state index contributed by atoms with van der Waals surface area (Å²) in [7, 11) is 0. The predicted octanol–water partition coefficient (Wildman–Crippen LogP) is 3.87. The Morgan fingerprint density at radius 1 is 1.30 bits per heavy atom. The molecular formula is C20H21ClN4O2. The van der Waals surface area contributed by atoms with Crippen LogP contribution in [0.5, 0.6) is 0 Å². The fraction of sp³-hybridized carbons (Fsp3) is 0.350. The molecule has 4 rings (SSSR count). The number of nitrogens with zero attached hydrogens (tertiary/aromatic N) is 4. The molecule has 0 unspecified atom stereocenters. The number of benzene rings is 1. The van der Waals surface area contributed by atoms with Gasteiger partial charge in [0.2, 0.25) is 11.8 Å². The van der Waals surface area contributed by atoms with Gasteiger partial charge in [-0.2, -0.15) is 5.10 Å². The van der Waals surface area contributed by atoms with Gasteiger partial charge in [0, 0.05) is 30.4 Å². The lowest BCUT2D eigenvalue weighted by Gasteiger charge is -2.33. The van der Waals surface area contributed by atoms with Gasteiger partial charge in [-0.05, 0) is 43.0 Å². The highest BCUT2D eigenvalue weighted by molar-refractivity contribution is 6.30. The zero-order chi connectivity index (χ0) is 18.6. The molecule has 1 aromatic carbocycles. The summed E-state index contributed by atoms with van der Waals surface area (Å²) >= 11 is 6.05. The van der Waals surface area contributed by atoms with E-state index in [2.05, 4.69) is 10.1 Å². The molecular weight excluding hydrogens is 364 g/mol. The van der Waals surface area contributed by atoms with Gasteiger partial charge < -0.3 is 9.32 Å². The molecule has 0 spiro atoms. The summed E-state index contributed by atoms with van der Waals surface area (Å²) in [6, 6.07) is 9.40. The minimum Gasteiger partial charge on any atom is -0.443 e. The van der Waals surface area contributed by atoms with E-state index < -0.39 is 0 Å². The smallest absolute Gasteiger partial charge is 0.244 e. The van der Waals surface area contributed by atoms with Crippen LogP contribution >= 0.6 is 11.6 Å².